The minimum atomic E-state index is -1.02. The van der Waals surface area contributed by atoms with E-state index in [9.17, 15) is 9.59 Å². The summed E-state index contributed by atoms with van der Waals surface area (Å²) >= 11 is 0. The van der Waals surface area contributed by atoms with Gasteiger partial charge in [-0.25, -0.2) is 4.79 Å². The van der Waals surface area contributed by atoms with E-state index in [0.717, 1.165) is 6.08 Å². The number of hydrogen-bond acceptors (Lipinski definition) is 3. The standard InChI is InChI=1S/C14H17NO4/c1-9(2)14(18)15-11-8-10(5-7-13(16)17)4-6-12(11)19-3/h4-9H,1-3H3,(H,15,18)(H,16,17)/b7-5+. The number of benzene rings is 1. The fourth-order valence-corrected chi connectivity index (χ4v) is 1.37. The van der Waals surface area contributed by atoms with Crippen LogP contribution in [-0.4, -0.2) is 24.1 Å². The molecule has 1 aromatic carbocycles. The fourth-order valence-electron chi connectivity index (χ4n) is 1.37. The molecule has 1 amide bonds. The smallest absolute Gasteiger partial charge is 0.328 e. The SMILES string of the molecule is COc1ccc(/C=C/C(=O)O)cc1NC(=O)C(C)C. The summed E-state index contributed by atoms with van der Waals surface area (Å²) in [6.45, 7) is 3.58. The molecule has 5 heteroatoms. The highest BCUT2D eigenvalue weighted by molar-refractivity contribution is 5.94. The molecule has 0 spiro atoms. The first-order valence-electron chi connectivity index (χ1n) is 5.84. The third-order valence-electron chi connectivity index (χ3n) is 2.42. The van der Waals surface area contributed by atoms with Gasteiger partial charge in [-0.1, -0.05) is 19.9 Å². The summed E-state index contributed by atoms with van der Waals surface area (Å²) < 4.78 is 5.15. The molecule has 0 atom stereocenters. The molecule has 0 unspecified atom stereocenters. The number of methoxy groups -OCH3 is 1. The first-order chi connectivity index (χ1) is 8.93. The maximum absolute atomic E-state index is 11.7. The van der Waals surface area contributed by atoms with Gasteiger partial charge in [-0.3, -0.25) is 4.79 Å². The van der Waals surface area contributed by atoms with Crippen LogP contribution in [0, 0.1) is 5.92 Å². The van der Waals surface area contributed by atoms with Crippen LogP contribution in [0.25, 0.3) is 6.08 Å². The van der Waals surface area contributed by atoms with Crippen LogP contribution in [0.2, 0.25) is 0 Å². The first-order valence-corrected chi connectivity index (χ1v) is 5.84. The van der Waals surface area contributed by atoms with Crippen molar-refractivity contribution in [3.05, 3.63) is 29.8 Å². The van der Waals surface area contributed by atoms with Crippen molar-refractivity contribution in [3.63, 3.8) is 0 Å². The predicted octanol–water partition coefficient (Wildman–Crippen LogP) is 2.39. The molecule has 0 fully saturated rings. The largest absolute Gasteiger partial charge is 0.495 e. The summed E-state index contributed by atoms with van der Waals surface area (Å²) in [5, 5.41) is 11.3. The minimum absolute atomic E-state index is 0.127. The van der Waals surface area contributed by atoms with Gasteiger partial charge in [0.15, 0.2) is 0 Å². The van der Waals surface area contributed by atoms with Crippen molar-refractivity contribution in [2.24, 2.45) is 5.92 Å². The Balaban J connectivity index is 3.02. The molecule has 2 N–H and O–H groups in total. The number of nitrogens with one attached hydrogen (secondary N) is 1. The lowest BCUT2D eigenvalue weighted by molar-refractivity contribution is -0.131. The van der Waals surface area contributed by atoms with Gasteiger partial charge in [0, 0.05) is 12.0 Å². The van der Waals surface area contributed by atoms with E-state index in [2.05, 4.69) is 5.32 Å². The summed E-state index contributed by atoms with van der Waals surface area (Å²) in [7, 11) is 1.51. The fraction of sp³-hybridized carbons (Fsp3) is 0.286. The van der Waals surface area contributed by atoms with Gasteiger partial charge in [-0.05, 0) is 23.8 Å². The quantitative estimate of drug-likeness (QED) is 0.800. The Morgan fingerprint density at radius 1 is 1.37 bits per heavy atom. The van der Waals surface area contributed by atoms with Gasteiger partial charge in [-0.2, -0.15) is 0 Å². The minimum Gasteiger partial charge on any atom is -0.495 e. The van der Waals surface area contributed by atoms with E-state index >= 15 is 0 Å². The highest BCUT2D eigenvalue weighted by Gasteiger charge is 2.11. The summed E-state index contributed by atoms with van der Waals surface area (Å²) in [6, 6.07) is 5.05. The number of amides is 1. The lowest BCUT2D eigenvalue weighted by Gasteiger charge is -2.12. The van der Waals surface area contributed by atoms with Gasteiger partial charge in [0.25, 0.3) is 0 Å². The van der Waals surface area contributed by atoms with Gasteiger partial charge in [0.2, 0.25) is 5.91 Å². The van der Waals surface area contributed by atoms with Crippen LogP contribution in [-0.2, 0) is 9.59 Å². The maximum atomic E-state index is 11.7. The zero-order valence-corrected chi connectivity index (χ0v) is 11.1. The van der Waals surface area contributed by atoms with Gasteiger partial charge in [0.05, 0.1) is 12.8 Å². The van der Waals surface area contributed by atoms with Crippen molar-refractivity contribution in [3.8, 4) is 5.75 Å². The Morgan fingerprint density at radius 2 is 2.05 bits per heavy atom. The number of carbonyl (C=O) groups is 2. The molecule has 5 nitrogen and oxygen atoms in total. The second-order valence-corrected chi connectivity index (χ2v) is 4.28. The highest BCUT2D eigenvalue weighted by atomic mass is 16.5. The molecule has 0 saturated carbocycles. The van der Waals surface area contributed by atoms with E-state index in [4.69, 9.17) is 9.84 Å². The molecular formula is C14H17NO4. The van der Waals surface area contributed by atoms with E-state index in [1.165, 1.54) is 13.2 Å². The number of hydrogen-bond donors (Lipinski definition) is 2. The van der Waals surface area contributed by atoms with Crippen molar-refractivity contribution < 1.29 is 19.4 Å². The van der Waals surface area contributed by atoms with Gasteiger partial charge < -0.3 is 15.2 Å². The van der Waals surface area contributed by atoms with Crippen molar-refractivity contribution in [1.82, 2.24) is 0 Å². The summed E-state index contributed by atoms with van der Waals surface area (Å²) in [5.74, 6) is -0.773. The molecule has 0 aliphatic carbocycles. The van der Waals surface area contributed by atoms with Crippen LogP contribution in [0.4, 0.5) is 5.69 Å². The molecule has 102 valence electrons. The van der Waals surface area contributed by atoms with E-state index in [1.807, 2.05) is 0 Å². The molecule has 0 saturated heterocycles. The number of carboxylic acids is 1. The van der Waals surface area contributed by atoms with Crippen LogP contribution in [0.5, 0.6) is 5.75 Å². The zero-order valence-electron chi connectivity index (χ0n) is 11.1. The van der Waals surface area contributed by atoms with E-state index in [1.54, 1.807) is 32.0 Å². The zero-order chi connectivity index (χ0) is 14.4. The monoisotopic (exact) mass is 263 g/mol. The van der Waals surface area contributed by atoms with Crippen LogP contribution in [0.15, 0.2) is 24.3 Å². The third-order valence-corrected chi connectivity index (χ3v) is 2.42. The van der Waals surface area contributed by atoms with Crippen molar-refractivity contribution in [2.75, 3.05) is 12.4 Å². The second-order valence-electron chi connectivity index (χ2n) is 4.28. The van der Waals surface area contributed by atoms with Crippen molar-refractivity contribution in [2.45, 2.75) is 13.8 Å². The average Bonchev–Trinajstić information content (AvgIpc) is 2.36. The highest BCUT2D eigenvalue weighted by Crippen LogP contribution is 2.26. The number of rotatable bonds is 5. The maximum Gasteiger partial charge on any atom is 0.328 e. The molecule has 1 rings (SSSR count). The van der Waals surface area contributed by atoms with Gasteiger partial charge >= 0.3 is 5.97 Å². The number of ether oxygens (including phenoxy) is 1. The lowest BCUT2D eigenvalue weighted by atomic mass is 10.1. The number of carbonyl (C=O) groups excluding carboxylic acids is 1. The van der Waals surface area contributed by atoms with E-state index in [0.29, 0.717) is 17.0 Å². The van der Waals surface area contributed by atoms with Crippen LogP contribution in [0.3, 0.4) is 0 Å². The second kappa shape index (κ2) is 6.58. The Bertz CT molecular complexity index is 506. The Hall–Kier alpha value is -2.30. The average molecular weight is 263 g/mol. The Labute approximate surface area is 111 Å². The molecule has 0 aliphatic rings. The molecule has 0 radical (unpaired) electrons. The first kappa shape index (κ1) is 14.8. The van der Waals surface area contributed by atoms with Crippen molar-refractivity contribution in [1.29, 1.82) is 0 Å². The molecule has 0 aromatic heterocycles. The van der Waals surface area contributed by atoms with Crippen LogP contribution >= 0.6 is 0 Å². The van der Waals surface area contributed by atoms with E-state index < -0.39 is 5.97 Å². The van der Waals surface area contributed by atoms with E-state index in [-0.39, 0.29) is 11.8 Å². The van der Waals surface area contributed by atoms with Crippen LogP contribution < -0.4 is 10.1 Å². The molecule has 0 heterocycles. The molecule has 19 heavy (non-hydrogen) atoms. The van der Waals surface area contributed by atoms with Crippen LogP contribution in [0.1, 0.15) is 19.4 Å². The van der Waals surface area contributed by atoms with Gasteiger partial charge in [0.1, 0.15) is 5.75 Å². The summed E-state index contributed by atoms with van der Waals surface area (Å²) in [4.78, 5) is 22.1. The molecule has 0 aliphatic heterocycles. The Kier molecular flexibility index (Phi) is 5.11. The molecule has 1 aromatic rings. The number of carboxylic acid groups (broad SMARTS) is 1. The Morgan fingerprint density at radius 3 is 2.58 bits per heavy atom. The molecule has 0 bridgehead atoms. The predicted molar refractivity (Wildman–Crippen MR) is 73.1 cm³/mol. The van der Waals surface area contributed by atoms with Crippen molar-refractivity contribution >= 4 is 23.6 Å². The van der Waals surface area contributed by atoms with Gasteiger partial charge in [-0.15, -0.1) is 0 Å². The number of aliphatic carboxylic acids is 1. The topological polar surface area (TPSA) is 75.6 Å². The normalized spacial score (nSPS) is 10.7. The molecular weight excluding hydrogens is 246 g/mol. The lowest BCUT2D eigenvalue weighted by Crippen LogP contribution is -2.18. The summed E-state index contributed by atoms with van der Waals surface area (Å²) in [6.07, 6.45) is 2.49. The third kappa shape index (κ3) is 4.46. The number of anilines is 1. The summed E-state index contributed by atoms with van der Waals surface area (Å²) in [5.41, 5.74) is 1.19.